The Balaban J connectivity index is 1.17. The van der Waals surface area contributed by atoms with E-state index in [9.17, 15) is 14.3 Å². The lowest BCUT2D eigenvalue weighted by Gasteiger charge is -2.40. The highest BCUT2D eigenvalue weighted by atomic mass is 19.1. The molecular formula is C23H25FN8O2. The fraction of sp³-hybridized carbons (Fsp3) is 0.348. The van der Waals surface area contributed by atoms with E-state index in [0.29, 0.717) is 31.0 Å². The smallest absolute Gasteiger partial charge is 0.258 e. The number of pyridine rings is 2. The Morgan fingerprint density at radius 3 is 2.26 bits per heavy atom. The van der Waals surface area contributed by atoms with Gasteiger partial charge in [0, 0.05) is 45.0 Å². The highest BCUT2D eigenvalue weighted by Gasteiger charge is 2.27. The van der Waals surface area contributed by atoms with Crippen molar-refractivity contribution in [1.29, 1.82) is 0 Å². The predicted octanol–water partition coefficient (Wildman–Crippen LogP) is 1.55. The SMILES string of the molecule is C[C@@H]1CN(c2ccc(F)cn2)CCN1c1cnc(NC(=O)c2ccc(N3CC(O)C3)nc2)cn1. The average molecular weight is 465 g/mol. The number of aliphatic hydroxyl groups excluding tert-OH is 1. The van der Waals surface area contributed by atoms with Crippen molar-refractivity contribution in [2.75, 3.05) is 52.7 Å². The molecule has 0 aliphatic carbocycles. The number of halogens is 1. The molecule has 0 aromatic carbocycles. The van der Waals surface area contributed by atoms with Gasteiger partial charge in [0.15, 0.2) is 5.82 Å². The number of amides is 1. The minimum absolute atomic E-state index is 0.146. The summed E-state index contributed by atoms with van der Waals surface area (Å²) >= 11 is 0. The van der Waals surface area contributed by atoms with Crippen LogP contribution in [0, 0.1) is 5.82 Å². The number of hydrogen-bond acceptors (Lipinski definition) is 9. The number of rotatable bonds is 5. The minimum atomic E-state index is -0.349. The molecule has 2 N–H and O–H groups in total. The van der Waals surface area contributed by atoms with E-state index in [1.165, 1.54) is 24.7 Å². The highest BCUT2D eigenvalue weighted by molar-refractivity contribution is 6.03. The van der Waals surface area contributed by atoms with Crippen LogP contribution in [0.3, 0.4) is 0 Å². The quantitative estimate of drug-likeness (QED) is 0.581. The molecule has 2 fully saturated rings. The maximum absolute atomic E-state index is 13.2. The lowest BCUT2D eigenvalue weighted by atomic mass is 10.1. The summed E-state index contributed by atoms with van der Waals surface area (Å²) in [7, 11) is 0. The Kier molecular flexibility index (Phi) is 5.93. The summed E-state index contributed by atoms with van der Waals surface area (Å²) in [6.45, 7) is 5.35. The molecule has 1 amide bonds. The van der Waals surface area contributed by atoms with Crippen molar-refractivity contribution in [1.82, 2.24) is 19.9 Å². The Bertz CT molecular complexity index is 1140. The Morgan fingerprint density at radius 2 is 1.65 bits per heavy atom. The second-order valence-corrected chi connectivity index (χ2v) is 8.50. The first-order chi connectivity index (χ1) is 16.5. The number of carbonyl (C=O) groups is 1. The summed E-state index contributed by atoms with van der Waals surface area (Å²) in [4.78, 5) is 36.1. The van der Waals surface area contributed by atoms with Crippen molar-refractivity contribution in [2.45, 2.75) is 19.1 Å². The van der Waals surface area contributed by atoms with Gasteiger partial charge in [-0.3, -0.25) is 4.79 Å². The summed E-state index contributed by atoms with van der Waals surface area (Å²) in [5, 5.41) is 12.2. The van der Waals surface area contributed by atoms with Gasteiger partial charge < -0.3 is 25.1 Å². The summed E-state index contributed by atoms with van der Waals surface area (Å²) in [5.74, 6) is 1.89. The van der Waals surface area contributed by atoms with E-state index in [-0.39, 0.29) is 23.9 Å². The van der Waals surface area contributed by atoms with E-state index in [1.807, 2.05) is 4.90 Å². The van der Waals surface area contributed by atoms with Crippen LogP contribution in [0.15, 0.2) is 49.1 Å². The molecule has 0 saturated carbocycles. The van der Waals surface area contributed by atoms with Crippen LogP contribution in [0.1, 0.15) is 17.3 Å². The zero-order valence-corrected chi connectivity index (χ0v) is 18.7. The number of anilines is 4. The van der Waals surface area contributed by atoms with Gasteiger partial charge in [0.25, 0.3) is 5.91 Å². The zero-order chi connectivity index (χ0) is 23.7. The van der Waals surface area contributed by atoms with Gasteiger partial charge in [-0.2, -0.15) is 0 Å². The van der Waals surface area contributed by atoms with Gasteiger partial charge in [-0.25, -0.2) is 24.3 Å². The number of hydrogen-bond donors (Lipinski definition) is 2. The largest absolute Gasteiger partial charge is 0.389 e. The number of carbonyl (C=O) groups excluding carboxylic acids is 1. The van der Waals surface area contributed by atoms with Crippen molar-refractivity contribution >= 4 is 29.2 Å². The van der Waals surface area contributed by atoms with Crippen LogP contribution >= 0.6 is 0 Å². The minimum Gasteiger partial charge on any atom is -0.389 e. The van der Waals surface area contributed by atoms with E-state index in [0.717, 1.165) is 30.5 Å². The van der Waals surface area contributed by atoms with Gasteiger partial charge in [-0.15, -0.1) is 0 Å². The maximum atomic E-state index is 13.2. The zero-order valence-electron chi connectivity index (χ0n) is 18.7. The molecule has 0 radical (unpaired) electrons. The van der Waals surface area contributed by atoms with Gasteiger partial charge in [0.2, 0.25) is 0 Å². The lowest BCUT2D eigenvalue weighted by Crippen LogP contribution is -2.52. The highest BCUT2D eigenvalue weighted by Crippen LogP contribution is 2.22. The molecule has 0 spiro atoms. The molecule has 11 heteroatoms. The van der Waals surface area contributed by atoms with Gasteiger partial charge in [0.05, 0.1) is 30.3 Å². The molecule has 3 aromatic rings. The van der Waals surface area contributed by atoms with E-state index in [2.05, 4.69) is 42.0 Å². The fourth-order valence-corrected chi connectivity index (χ4v) is 4.13. The van der Waals surface area contributed by atoms with Crippen LogP contribution in [0.5, 0.6) is 0 Å². The molecule has 2 aliphatic heterocycles. The maximum Gasteiger partial charge on any atom is 0.258 e. The van der Waals surface area contributed by atoms with Crippen LogP contribution in [-0.4, -0.2) is 75.8 Å². The summed E-state index contributed by atoms with van der Waals surface area (Å²) in [5.41, 5.74) is 0.412. The van der Waals surface area contributed by atoms with Crippen LogP contribution in [0.4, 0.5) is 27.7 Å². The molecule has 2 saturated heterocycles. The molecule has 5 heterocycles. The topological polar surface area (TPSA) is 111 Å². The summed E-state index contributed by atoms with van der Waals surface area (Å²) < 4.78 is 13.2. The molecular weight excluding hydrogens is 439 g/mol. The van der Waals surface area contributed by atoms with Crippen LogP contribution < -0.4 is 20.0 Å². The van der Waals surface area contributed by atoms with Crippen LogP contribution in [-0.2, 0) is 0 Å². The number of nitrogens with zero attached hydrogens (tertiary/aromatic N) is 7. The second kappa shape index (κ2) is 9.18. The normalized spacial score (nSPS) is 18.6. The molecule has 0 unspecified atom stereocenters. The third-order valence-corrected chi connectivity index (χ3v) is 6.03. The third-order valence-electron chi connectivity index (χ3n) is 6.03. The number of aromatic nitrogens is 4. The lowest BCUT2D eigenvalue weighted by molar-refractivity contribution is 0.102. The monoisotopic (exact) mass is 464 g/mol. The van der Waals surface area contributed by atoms with Gasteiger partial charge in [-0.1, -0.05) is 0 Å². The van der Waals surface area contributed by atoms with E-state index < -0.39 is 0 Å². The molecule has 34 heavy (non-hydrogen) atoms. The van der Waals surface area contributed by atoms with Crippen LogP contribution in [0.2, 0.25) is 0 Å². The average Bonchev–Trinajstić information content (AvgIpc) is 2.83. The van der Waals surface area contributed by atoms with E-state index >= 15 is 0 Å². The number of aliphatic hydroxyl groups is 1. The molecule has 0 bridgehead atoms. The standard InChI is InChI=1S/C23H25FN8O2/c1-15-12-30(20-5-3-17(24)9-27-20)6-7-32(15)22-11-25-19(10-28-22)29-23(34)16-2-4-21(26-8-16)31-13-18(33)14-31/h2-5,8-11,15,18,33H,6-7,12-14H2,1H3,(H,25,29,34)/t15-/m1/s1. The van der Waals surface area contributed by atoms with Gasteiger partial charge in [0.1, 0.15) is 23.3 Å². The first-order valence-electron chi connectivity index (χ1n) is 11.1. The number of nitrogens with one attached hydrogen (secondary N) is 1. The molecule has 5 rings (SSSR count). The molecule has 2 aliphatic rings. The van der Waals surface area contributed by atoms with Crippen molar-refractivity contribution in [3.05, 3.63) is 60.4 Å². The third kappa shape index (κ3) is 4.60. The Hall–Kier alpha value is -3.86. The van der Waals surface area contributed by atoms with Gasteiger partial charge >= 0.3 is 0 Å². The van der Waals surface area contributed by atoms with Crippen molar-refractivity contribution in [3.8, 4) is 0 Å². The first kappa shape index (κ1) is 22.0. The number of β-amino-alcohol motifs (C(OH)–C–C–N with tert-alkyl or cyclic N) is 1. The van der Waals surface area contributed by atoms with E-state index in [1.54, 1.807) is 24.4 Å². The van der Waals surface area contributed by atoms with Gasteiger partial charge in [-0.05, 0) is 31.2 Å². The second-order valence-electron chi connectivity index (χ2n) is 8.50. The van der Waals surface area contributed by atoms with Crippen molar-refractivity contribution in [3.63, 3.8) is 0 Å². The molecule has 3 aromatic heterocycles. The Labute approximate surface area is 196 Å². The number of piperazine rings is 1. The molecule has 176 valence electrons. The first-order valence-corrected chi connectivity index (χ1v) is 11.1. The summed E-state index contributed by atoms with van der Waals surface area (Å²) in [6, 6.07) is 6.71. The molecule has 1 atom stereocenters. The van der Waals surface area contributed by atoms with Crippen molar-refractivity contribution < 1.29 is 14.3 Å². The predicted molar refractivity (Wildman–Crippen MR) is 126 cm³/mol. The molecule has 10 nitrogen and oxygen atoms in total. The van der Waals surface area contributed by atoms with Crippen molar-refractivity contribution in [2.24, 2.45) is 0 Å². The van der Waals surface area contributed by atoms with Crippen LogP contribution in [0.25, 0.3) is 0 Å². The Morgan fingerprint density at radius 1 is 0.912 bits per heavy atom. The fourth-order valence-electron chi connectivity index (χ4n) is 4.13. The summed E-state index contributed by atoms with van der Waals surface area (Å²) in [6.07, 6.45) is 5.61. The van der Waals surface area contributed by atoms with E-state index in [4.69, 9.17) is 0 Å².